The van der Waals surface area contributed by atoms with E-state index in [9.17, 15) is 9.90 Å². The van der Waals surface area contributed by atoms with Crippen LogP contribution in [0.25, 0.3) is 5.82 Å². The standard InChI is InChI=1S/C12H12BrN3O2/c1-6-4-5-9(12(17)18)11(14-6)16-8(3)10(13)7(2)15-16/h4-5H,1-3H3,(H,17,18). The van der Waals surface area contributed by atoms with Crippen molar-refractivity contribution in [1.82, 2.24) is 14.8 Å². The summed E-state index contributed by atoms with van der Waals surface area (Å²) in [6, 6.07) is 3.22. The molecule has 0 saturated heterocycles. The molecular weight excluding hydrogens is 298 g/mol. The molecule has 0 radical (unpaired) electrons. The zero-order valence-corrected chi connectivity index (χ0v) is 11.8. The molecule has 0 spiro atoms. The summed E-state index contributed by atoms with van der Waals surface area (Å²) >= 11 is 3.42. The minimum absolute atomic E-state index is 0.138. The minimum Gasteiger partial charge on any atom is -0.478 e. The van der Waals surface area contributed by atoms with Gasteiger partial charge in [-0.05, 0) is 48.8 Å². The number of nitrogens with zero attached hydrogens (tertiary/aromatic N) is 3. The third-order valence-corrected chi connectivity index (χ3v) is 3.80. The average Bonchev–Trinajstić information content (AvgIpc) is 2.56. The Morgan fingerprint density at radius 2 is 2.00 bits per heavy atom. The number of carboxylic acid groups (broad SMARTS) is 1. The number of carboxylic acids is 1. The zero-order valence-electron chi connectivity index (χ0n) is 10.2. The second-order valence-electron chi connectivity index (χ2n) is 4.03. The first kappa shape index (κ1) is 12.8. The number of aryl methyl sites for hydroxylation is 2. The number of aromatic nitrogens is 3. The van der Waals surface area contributed by atoms with E-state index < -0.39 is 5.97 Å². The highest BCUT2D eigenvalue weighted by atomic mass is 79.9. The van der Waals surface area contributed by atoms with Gasteiger partial charge in [0.25, 0.3) is 0 Å². The van der Waals surface area contributed by atoms with Crippen LogP contribution in [-0.2, 0) is 0 Å². The van der Waals surface area contributed by atoms with Gasteiger partial charge >= 0.3 is 5.97 Å². The van der Waals surface area contributed by atoms with E-state index in [0.717, 1.165) is 21.6 Å². The van der Waals surface area contributed by atoms with E-state index in [-0.39, 0.29) is 5.56 Å². The number of hydrogen-bond acceptors (Lipinski definition) is 3. The molecule has 2 aromatic rings. The van der Waals surface area contributed by atoms with Crippen LogP contribution in [-0.4, -0.2) is 25.8 Å². The van der Waals surface area contributed by atoms with Crippen molar-refractivity contribution in [3.63, 3.8) is 0 Å². The summed E-state index contributed by atoms with van der Waals surface area (Å²) in [4.78, 5) is 15.5. The summed E-state index contributed by atoms with van der Waals surface area (Å²) < 4.78 is 2.41. The maximum absolute atomic E-state index is 11.2. The molecule has 18 heavy (non-hydrogen) atoms. The zero-order chi connectivity index (χ0) is 13.4. The molecule has 0 fully saturated rings. The lowest BCUT2D eigenvalue weighted by Gasteiger charge is -2.08. The van der Waals surface area contributed by atoms with Gasteiger partial charge in [-0.1, -0.05) is 0 Å². The molecule has 0 amide bonds. The number of carbonyl (C=O) groups is 1. The van der Waals surface area contributed by atoms with Crippen molar-refractivity contribution in [2.75, 3.05) is 0 Å². The van der Waals surface area contributed by atoms with E-state index in [2.05, 4.69) is 26.0 Å². The number of hydrogen-bond donors (Lipinski definition) is 1. The van der Waals surface area contributed by atoms with Crippen molar-refractivity contribution in [2.45, 2.75) is 20.8 Å². The molecule has 2 rings (SSSR count). The molecule has 0 unspecified atom stereocenters. The lowest BCUT2D eigenvalue weighted by molar-refractivity contribution is 0.0696. The van der Waals surface area contributed by atoms with E-state index >= 15 is 0 Å². The highest BCUT2D eigenvalue weighted by Crippen LogP contribution is 2.23. The monoisotopic (exact) mass is 309 g/mol. The van der Waals surface area contributed by atoms with Crippen LogP contribution >= 0.6 is 15.9 Å². The predicted molar refractivity (Wildman–Crippen MR) is 70.2 cm³/mol. The smallest absolute Gasteiger partial charge is 0.339 e. The topological polar surface area (TPSA) is 68.0 Å². The molecule has 0 bridgehead atoms. The maximum atomic E-state index is 11.2. The van der Waals surface area contributed by atoms with Crippen molar-refractivity contribution >= 4 is 21.9 Å². The van der Waals surface area contributed by atoms with Crippen molar-refractivity contribution in [3.8, 4) is 5.82 Å². The fraction of sp³-hybridized carbons (Fsp3) is 0.250. The van der Waals surface area contributed by atoms with Gasteiger partial charge in [0.05, 0.1) is 15.9 Å². The fourth-order valence-corrected chi connectivity index (χ4v) is 1.95. The molecule has 2 heterocycles. The Balaban J connectivity index is 2.73. The van der Waals surface area contributed by atoms with E-state index in [1.54, 1.807) is 16.8 Å². The Morgan fingerprint density at radius 1 is 1.33 bits per heavy atom. The molecule has 0 saturated carbocycles. The molecule has 0 aliphatic heterocycles. The normalized spacial score (nSPS) is 10.7. The van der Waals surface area contributed by atoms with E-state index in [0.29, 0.717) is 5.82 Å². The lowest BCUT2D eigenvalue weighted by atomic mass is 10.2. The van der Waals surface area contributed by atoms with E-state index in [1.807, 2.05) is 20.8 Å². The van der Waals surface area contributed by atoms with Crippen LogP contribution in [0.15, 0.2) is 16.6 Å². The summed E-state index contributed by atoms with van der Waals surface area (Å²) in [5.74, 6) is -0.671. The first-order valence-electron chi connectivity index (χ1n) is 5.35. The SMILES string of the molecule is Cc1ccc(C(=O)O)c(-n2nc(C)c(Br)c2C)n1. The van der Waals surface area contributed by atoms with Gasteiger partial charge < -0.3 is 5.11 Å². The fourth-order valence-electron chi connectivity index (χ4n) is 1.70. The summed E-state index contributed by atoms with van der Waals surface area (Å²) in [5.41, 5.74) is 2.51. The van der Waals surface area contributed by atoms with Crippen LogP contribution in [0, 0.1) is 20.8 Å². The molecule has 0 aromatic carbocycles. The van der Waals surface area contributed by atoms with Gasteiger partial charge in [-0.2, -0.15) is 5.10 Å². The number of pyridine rings is 1. The van der Waals surface area contributed by atoms with Gasteiger partial charge in [0, 0.05) is 5.69 Å². The van der Waals surface area contributed by atoms with Gasteiger partial charge in [0.2, 0.25) is 0 Å². The van der Waals surface area contributed by atoms with Gasteiger partial charge in [-0.15, -0.1) is 0 Å². The molecule has 0 aliphatic rings. The first-order valence-corrected chi connectivity index (χ1v) is 6.14. The van der Waals surface area contributed by atoms with Crippen molar-refractivity contribution in [3.05, 3.63) is 39.3 Å². The first-order chi connectivity index (χ1) is 8.41. The van der Waals surface area contributed by atoms with Gasteiger partial charge in [0.15, 0.2) is 5.82 Å². The molecule has 0 aliphatic carbocycles. The van der Waals surface area contributed by atoms with E-state index in [1.165, 1.54) is 0 Å². The number of rotatable bonds is 2. The summed E-state index contributed by atoms with van der Waals surface area (Å²) in [5, 5.41) is 13.5. The van der Waals surface area contributed by atoms with Crippen LogP contribution in [0.2, 0.25) is 0 Å². The Kier molecular flexibility index (Phi) is 3.21. The molecule has 1 N–H and O–H groups in total. The Bertz CT molecular complexity index is 634. The van der Waals surface area contributed by atoms with Crippen LogP contribution in [0.3, 0.4) is 0 Å². The van der Waals surface area contributed by atoms with Crippen LogP contribution < -0.4 is 0 Å². The van der Waals surface area contributed by atoms with E-state index in [4.69, 9.17) is 0 Å². The van der Waals surface area contributed by atoms with Crippen molar-refractivity contribution in [2.24, 2.45) is 0 Å². The van der Waals surface area contributed by atoms with Crippen LogP contribution in [0.1, 0.15) is 27.4 Å². The summed E-state index contributed by atoms with van der Waals surface area (Å²) in [7, 11) is 0. The summed E-state index contributed by atoms with van der Waals surface area (Å²) in [6.07, 6.45) is 0. The largest absolute Gasteiger partial charge is 0.478 e. The quantitative estimate of drug-likeness (QED) is 0.926. The molecule has 2 aromatic heterocycles. The maximum Gasteiger partial charge on any atom is 0.339 e. The molecular formula is C12H12BrN3O2. The summed E-state index contributed by atoms with van der Waals surface area (Å²) in [6.45, 7) is 5.53. The Labute approximate surface area is 113 Å². The van der Waals surface area contributed by atoms with Gasteiger partial charge in [0.1, 0.15) is 5.56 Å². The van der Waals surface area contributed by atoms with Crippen molar-refractivity contribution < 1.29 is 9.90 Å². The lowest BCUT2D eigenvalue weighted by Crippen LogP contribution is -2.11. The third-order valence-electron chi connectivity index (χ3n) is 2.65. The second-order valence-corrected chi connectivity index (χ2v) is 4.82. The second kappa shape index (κ2) is 4.53. The minimum atomic E-state index is -1.01. The third kappa shape index (κ3) is 2.03. The molecule has 6 heteroatoms. The van der Waals surface area contributed by atoms with Crippen molar-refractivity contribution in [1.29, 1.82) is 0 Å². The molecule has 0 atom stereocenters. The predicted octanol–water partition coefficient (Wildman–Crippen LogP) is 2.65. The van der Waals surface area contributed by atoms with Crippen LogP contribution in [0.5, 0.6) is 0 Å². The molecule has 94 valence electrons. The average molecular weight is 310 g/mol. The Morgan fingerprint density at radius 3 is 2.50 bits per heavy atom. The Hall–Kier alpha value is -1.69. The van der Waals surface area contributed by atoms with Gasteiger partial charge in [-0.3, -0.25) is 0 Å². The van der Waals surface area contributed by atoms with Gasteiger partial charge in [-0.25, -0.2) is 14.5 Å². The number of halogens is 1. The molecule has 5 nitrogen and oxygen atoms in total. The number of aromatic carboxylic acids is 1. The van der Waals surface area contributed by atoms with Crippen LogP contribution in [0.4, 0.5) is 0 Å². The highest BCUT2D eigenvalue weighted by Gasteiger charge is 2.18. The highest BCUT2D eigenvalue weighted by molar-refractivity contribution is 9.10.